The van der Waals surface area contributed by atoms with Crippen molar-refractivity contribution in [2.24, 2.45) is 0 Å². The minimum absolute atomic E-state index is 0.204. The maximum atomic E-state index is 9.78. The Balaban J connectivity index is 1.98. The molecular formula is C10H22N2O2S. The van der Waals surface area contributed by atoms with Crippen molar-refractivity contribution in [1.29, 1.82) is 0 Å². The lowest BCUT2D eigenvalue weighted by Crippen LogP contribution is -2.46. The normalized spacial score (nSPS) is 20.4. The predicted octanol–water partition coefficient (Wildman–Crippen LogP) is -0.368. The van der Waals surface area contributed by atoms with Gasteiger partial charge in [0.1, 0.15) is 0 Å². The van der Waals surface area contributed by atoms with E-state index in [1.807, 2.05) is 0 Å². The second kappa shape index (κ2) is 8.35. The standard InChI is InChI=1S/C10H22N2O2S/c1-14-6-7-15-9-10(13)8-12-4-2-11-3-5-12/h10-11,13H,2-9H2,1H3. The number of rotatable bonds is 7. The van der Waals surface area contributed by atoms with Gasteiger partial charge in [-0.3, -0.25) is 4.90 Å². The number of hydrogen-bond donors (Lipinski definition) is 2. The van der Waals surface area contributed by atoms with E-state index in [-0.39, 0.29) is 6.10 Å². The molecule has 1 atom stereocenters. The SMILES string of the molecule is COCCSCC(O)CN1CCNCC1. The summed E-state index contributed by atoms with van der Waals surface area (Å²) in [4.78, 5) is 2.32. The summed E-state index contributed by atoms with van der Waals surface area (Å²) in [6.45, 7) is 5.78. The number of ether oxygens (including phenoxy) is 1. The Kier molecular flexibility index (Phi) is 7.38. The first kappa shape index (κ1) is 13.3. The molecule has 4 nitrogen and oxygen atoms in total. The second-order valence-electron chi connectivity index (χ2n) is 3.77. The number of aliphatic hydroxyl groups excluding tert-OH is 1. The maximum absolute atomic E-state index is 9.78. The lowest BCUT2D eigenvalue weighted by atomic mass is 10.3. The molecule has 0 amide bonds. The summed E-state index contributed by atoms with van der Waals surface area (Å²) in [5.74, 6) is 1.78. The van der Waals surface area contributed by atoms with Crippen LogP contribution < -0.4 is 5.32 Å². The number of nitrogens with one attached hydrogen (secondary N) is 1. The van der Waals surface area contributed by atoms with E-state index in [0.29, 0.717) is 0 Å². The molecule has 15 heavy (non-hydrogen) atoms. The van der Waals surface area contributed by atoms with Crippen LogP contribution in [0.15, 0.2) is 0 Å². The van der Waals surface area contributed by atoms with E-state index in [0.717, 1.165) is 50.8 Å². The van der Waals surface area contributed by atoms with Gasteiger partial charge in [-0.05, 0) is 0 Å². The van der Waals surface area contributed by atoms with Gasteiger partial charge in [0.15, 0.2) is 0 Å². The van der Waals surface area contributed by atoms with Gasteiger partial charge in [-0.2, -0.15) is 11.8 Å². The van der Waals surface area contributed by atoms with Crippen molar-refractivity contribution in [2.75, 3.05) is 57.9 Å². The molecular weight excluding hydrogens is 212 g/mol. The van der Waals surface area contributed by atoms with E-state index < -0.39 is 0 Å². The number of β-amino-alcohol motifs (C(OH)–C–C–N with tert-alkyl or cyclic N) is 1. The van der Waals surface area contributed by atoms with Gasteiger partial charge in [0, 0.05) is 51.3 Å². The minimum atomic E-state index is -0.204. The lowest BCUT2D eigenvalue weighted by Gasteiger charge is -2.28. The third-order valence-corrected chi connectivity index (χ3v) is 3.50. The molecule has 5 heteroatoms. The summed E-state index contributed by atoms with van der Waals surface area (Å²) in [7, 11) is 1.71. The smallest absolute Gasteiger partial charge is 0.0757 e. The van der Waals surface area contributed by atoms with Crippen molar-refractivity contribution >= 4 is 11.8 Å². The van der Waals surface area contributed by atoms with E-state index in [1.165, 1.54) is 0 Å². The number of nitrogens with zero attached hydrogens (tertiary/aromatic N) is 1. The molecule has 0 aliphatic carbocycles. The summed E-state index contributed by atoms with van der Waals surface area (Å²) in [6, 6.07) is 0. The highest BCUT2D eigenvalue weighted by molar-refractivity contribution is 7.99. The van der Waals surface area contributed by atoms with Crippen LogP contribution in [0.2, 0.25) is 0 Å². The van der Waals surface area contributed by atoms with E-state index in [9.17, 15) is 5.11 Å². The number of thioether (sulfide) groups is 1. The highest BCUT2D eigenvalue weighted by Gasteiger charge is 2.13. The Hall–Kier alpha value is 0.190. The van der Waals surface area contributed by atoms with Crippen LogP contribution in [0.3, 0.4) is 0 Å². The van der Waals surface area contributed by atoms with Crippen LogP contribution in [0.5, 0.6) is 0 Å². The summed E-state index contributed by atoms with van der Waals surface area (Å²) in [5, 5.41) is 13.1. The zero-order valence-electron chi connectivity index (χ0n) is 9.45. The first-order valence-electron chi connectivity index (χ1n) is 5.50. The third-order valence-electron chi connectivity index (χ3n) is 2.42. The molecule has 0 spiro atoms. The van der Waals surface area contributed by atoms with Gasteiger partial charge in [-0.25, -0.2) is 0 Å². The molecule has 1 fully saturated rings. The molecule has 1 saturated heterocycles. The van der Waals surface area contributed by atoms with Crippen LogP contribution >= 0.6 is 11.8 Å². The quantitative estimate of drug-likeness (QED) is 0.589. The first-order chi connectivity index (χ1) is 7.33. The number of piperazine rings is 1. The topological polar surface area (TPSA) is 44.7 Å². The predicted molar refractivity (Wildman–Crippen MR) is 64.5 cm³/mol. The number of aliphatic hydroxyl groups is 1. The summed E-state index contributed by atoms with van der Waals surface area (Å²) in [5.41, 5.74) is 0. The zero-order chi connectivity index (χ0) is 10.9. The van der Waals surface area contributed by atoms with Crippen LogP contribution in [0.4, 0.5) is 0 Å². The molecule has 90 valence electrons. The van der Waals surface area contributed by atoms with Gasteiger partial charge in [0.05, 0.1) is 12.7 Å². The van der Waals surface area contributed by atoms with Gasteiger partial charge in [-0.15, -0.1) is 0 Å². The van der Waals surface area contributed by atoms with Gasteiger partial charge < -0.3 is 15.2 Å². The van der Waals surface area contributed by atoms with E-state index in [1.54, 1.807) is 18.9 Å². The molecule has 1 heterocycles. The molecule has 0 radical (unpaired) electrons. The van der Waals surface area contributed by atoms with Crippen molar-refractivity contribution < 1.29 is 9.84 Å². The molecule has 0 aromatic rings. The molecule has 1 aliphatic rings. The van der Waals surface area contributed by atoms with Crippen molar-refractivity contribution in [3.8, 4) is 0 Å². The van der Waals surface area contributed by atoms with Gasteiger partial charge in [-0.1, -0.05) is 0 Å². The van der Waals surface area contributed by atoms with Crippen molar-refractivity contribution in [2.45, 2.75) is 6.10 Å². The lowest BCUT2D eigenvalue weighted by molar-refractivity contribution is 0.121. The van der Waals surface area contributed by atoms with Crippen LogP contribution in [0.25, 0.3) is 0 Å². The van der Waals surface area contributed by atoms with Crippen molar-refractivity contribution in [1.82, 2.24) is 10.2 Å². The fraction of sp³-hybridized carbons (Fsp3) is 1.00. The monoisotopic (exact) mass is 234 g/mol. The highest BCUT2D eigenvalue weighted by Crippen LogP contribution is 2.04. The Morgan fingerprint density at radius 2 is 2.20 bits per heavy atom. The molecule has 1 aliphatic heterocycles. The summed E-state index contributed by atoms with van der Waals surface area (Å²) >= 11 is 1.76. The maximum Gasteiger partial charge on any atom is 0.0757 e. The molecule has 1 rings (SSSR count). The van der Waals surface area contributed by atoms with E-state index in [4.69, 9.17) is 4.74 Å². The fourth-order valence-electron chi connectivity index (χ4n) is 1.61. The second-order valence-corrected chi connectivity index (χ2v) is 4.92. The van der Waals surface area contributed by atoms with Gasteiger partial charge in [0.2, 0.25) is 0 Å². The Bertz CT molecular complexity index is 154. The average Bonchev–Trinajstić information content (AvgIpc) is 2.26. The van der Waals surface area contributed by atoms with Crippen molar-refractivity contribution in [3.63, 3.8) is 0 Å². The van der Waals surface area contributed by atoms with Crippen molar-refractivity contribution in [3.05, 3.63) is 0 Å². The molecule has 0 aromatic carbocycles. The van der Waals surface area contributed by atoms with Gasteiger partial charge in [0.25, 0.3) is 0 Å². The van der Waals surface area contributed by atoms with Crippen LogP contribution in [-0.4, -0.2) is 74.1 Å². The van der Waals surface area contributed by atoms with Crippen LogP contribution in [-0.2, 0) is 4.74 Å². The first-order valence-corrected chi connectivity index (χ1v) is 6.66. The minimum Gasteiger partial charge on any atom is -0.391 e. The fourth-order valence-corrected chi connectivity index (χ4v) is 2.43. The molecule has 2 N–H and O–H groups in total. The van der Waals surface area contributed by atoms with E-state index in [2.05, 4.69) is 10.2 Å². The third kappa shape index (κ3) is 6.37. The largest absolute Gasteiger partial charge is 0.391 e. The Labute approximate surface area is 96.4 Å². The molecule has 0 aromatic heterocycles. The van der Waals surface area contributed by atoms with Crippen LogP contribution in [0, 0.1) is 0 Å². The molecule has 0 saturated carbocycles. The Morgan fingerprint density at radius 3 is 2.87 bits per heavy atom. The summed E-state index contributed by atoms with van der Waals surface area (Å²) < 4.78 is 4.95. The number of methoxy groups -OCH3 is 1. The summed E-state index contributed by atoms with van der Waals surface area (Å²) in [6.07, 6.45) is -0.204. The van der Waals surface area contributed by atoms with Crippen LogP contribution in [0.1, 0.15) is 0 Å². The Morgan fingerprint density at radius 1 is 1.47 bits per heavy atom. The highest BCUT2D eigenvalue weighted by atomic mass is 32.2. The number of hydrogen-bond acceptors (Lipinski definition) is 5. The van der Waals surface area contributed by atoms with E-state index >= 15 is 0 Å². The molecule has 0 bridgehead atoms. The zero-order valence-corrected chi connectivity index (χ0v) is 10.3. The van der Waals surface area contributed by atoms with Gasteiger partial charge >= 0.3 is 0 Å². The molecule has 1 unspecified atom stereocenters. The average molecular weight is 234 g/mol.